The molecule has 1 aliphatic carbocycles. The number of nitrogens with one attached hydrogen (secondary N) is 2. The lowest BCUT2D eigenvalue weighted by Crippen LogP contribution is -2.36. The summed E-state index contributed by atoms with van der Waals surface area (Å²) in [4.78, 5) is 23.1. The fourth-order valence-corrected chi connectivity index (χ4v) is 2.12. The lowest BCUT2D eigenvalue weighted by Gasteiger charge is -2.14. The van der Waals surface area contributed by atoms with Gasteiger partial charge in [-0.3, -0.25) is 4.79 Å². The number of carbonyl (C=O) groups excluding carboxylic acids is 2. The SMILES string of the molecule is CC(=O)c1cccc(NC(=O)NC(C)CC2CC2)c1. The van der Waals surface area contributed by atoms with Gasteiger partial charge in [-0.1, -0.05) is 25.0 Å². The van der Waals surface area contributed by atoms with Gasteiger partial charge in [0, 0.05) is 17.3 Å². The Labute approximate surface area is 113 Å². The van der Waals surface area contributed by atoms with Crippen LogP contribution >= 0.6 is 0 Å². The second kappa shape index (κ2) is 5.87. The molecule has 0 radical (unpaired) electrons. The predicted octanol–water partition coefficient (Wildman–Crippen LogP) is 3.20. The molecule has 0 aromatic heterocycles. The smallest absolute Gasteiger partial charge is 0.319 e. The summed E-state index contributed by atoms with van der Waals surface area (Å²) in [5.41, 5.74) is 1.24. The number of benzene rings is 1. The van der Waals surface area contributed by atoms with Crippen LogP contribution in [0.4, 0.5) is 10.5 Å². The number of amides is 2. The first kappa shape index (κ1) is 13.6. The highest BCUT2D eigenvalue weighted by Crippen LogP contribution is 2.33. The number of rotatable bonds is 5. The molecule has 0 bridgehead atoms. The van der Waals surface area contributed by atoms with Crippen molar-refractivity contribution in [2.45, 2.75) is 39.2 Å². The number of ketones is 1. The lowest BCUT2D eigenvalue weighted by molar-refractivity contribution is 0.101. The largest absolute Gasteiger partial charge is 0.335 e. The van der Waals surface area contributed by atoms with Crippen LogP contribution in [0.1, 0.15) is 43.5 Å². The van der Waals surface area contributed by atoms with Crippen molar-refractivity contribution in [1.82, 2.24) is 5.32 Å². The quantitative estimate of drug-likeness (QED) is 0.799. The van der Waals surface area contributed by atoms with Gasteiger partial charge in [-0.15, -0.1) is 0 Å². The van der Waals surface area contributed by atoms with Gasteiger partial charge >= 0.3 is 6.03 Å². The summed E-state index contributed by atoms with van der Waals surface area (Å²) in [6, 6.07) is 6.93. The van der Waals surface area contributed by atoms with Crippen molar-refractivity contribution in [1.29, 1.82) is 0 Å². The van der Waals surface area contributed by atoms with E-state index in [1.807, 2.05) is 6.92 Å². The van der Waals surface area contributed by atoms with E-state index in [1.54, 1.807) is 24.3 Å². The molecule has 1 aliphatic rings. The molecular weight excluding hydrogens is 240 g/mol. The van der Waals surface area contributed by atoms with Crippen molar-refractivity contribution in [3.8, 4) is 0 Å². The minimum Gasteiger partial charge on any atom is -0.335 e. The fourth-order valence-electron chi connectivity index (χ4n) is 2.12. The summed E-state index contributed by atoms with van der Waals surface area (Å²) in [7, 11) is 0. The zero-order valence-corrected chi connectivity index (χ0v) is 11.4. The molecule has 1 unspecified atom stereocenters. The highest BCUT2D eigenvalue weighted by molar-refractivity contribution is 5.96. The average Bonchev–Trinajstić information content (AvgIpc) is 3.12. The van der Waals surface area contributed by atoms with Gasteiger partial charge in [0.1, 0.15) is 0 Å². The van der Waals surface area contributed by atoms with Gasteiger partial charge in [0.15, 0.2) is 5.78 Å². The van der Waals surface area contributed by atoms with Crippen LogP contribution in [0, 0.1) is 5.92 Å². The number of hydrogen-bond donors (Lipinski definition) is 2. The fraction of sp³-hybridized carbons (Fsp3) is 0.467. The van der Waals surface area contributed by atoms with Gasteiger partial charge in [0.25, 0.3) is 0 Å². The summed E-state index contributed by atoms with van der Waals surface area (Å²) in [6.07, 6.45) is 3.61. The van der Waals surface area contributed by atoms with Crippen LogP contribution < -0.4 is 10.6 Å². The maximum absolute atomic E-state index is 11.8. The van der Waals surface area contributed by atoms with Crippen molar-refractivity contribution < 1.29 is 9.59 Å². The molecule has 102 valence electrons. The Morgan fingerprint density at radius 2 is 2.11 bits per heavy atom. The highest BCUT2D eigenvalue weighted by atomic mass is 16.2. The predicted molar refractivity (Wildman–Crippen MR) is 75.4 cm³/mol. The van der Waals surface area contributed by atoms with Crippen LogP contribution in [0.2, 0.25) is 0 Å². The van der Waals surface area contributed by atoms with Crippen molar-refractivity contribution in [3.63, 3.8) is 0 Å². The standard InChI is InChI=1S/C15H20N2O2/c1-10(8-12-6-7-12)16-15(19)17-14-5-3-4-13(9-14)11(2)18/h3-5,9-10,12H,6-8H2,1-2H3,(H2,16,17,19). The molecule has 1 aromatic carbocycles. The first-order chi connectivity index (χ1) is 9.04. The number of anilines is 1. The van der Waals surface area contributed by atoms with Gasteiger partial charge < -0.3 is 10.6 Å². The average molecular weight is 260 g/mol. The number of hydrogen-bond acceptors (Lipinski definition) is 2. The Morgan fingerprint density at radius 3 is 2.74 bits per heavy atom. The maximum atomic E-state index is 11.8. The van der Waals surface area contributed by atoms with Gasteiger partial charge in [-0.25, -0.2) is 4.79 Å². The molecule has 0 saturated heterocycles. The monoisotopic (exact) mass is 260 g/mol. The molecule has 0 heterocycles. The molecular formula is C15H20N2O2. The van der Waals surface area contributed by atoms with Gasteiger partial charge in [-0.2, -0.15) is 0 Å². The zero-order chi connectivity index (χ0) is 13.8. The molecule has 2 amide bonds. The first-order valence-electron chi connectivity index (χ1n) is 6.73. The van der Waals surface area contributed by atoms with E-state index in [9.17, 15) is 9.59 Å². The van der Waals surface area contributed by atoms with Crippen LogP contribution in [0.3, 0.4) is 0 Å². The van der Waals surface area contributed by atoms with E-state index in [0.29, 0.717) is 11.3 Å². The Hall–Kier alpha value is -1.84. The second-order valence-corrected chi connectivity index (χ2v) is 5.32. The zero-order valence-electron chi connectivity index (χ0n) is 11.4. The Bertz CT molecular complexity index is 481. The molecule has 4 heteroatoms. The molecule has 2 rings (SSSR count). The van der Waals surface area contributed by atoms with Gasteiger partial charge in [0.05, 0.1) is 0 Å². The van der Waals surface area contributed by atoms with E-state index in [-0.39, 0.29) is 17.9 Å². The Kier molecular flexibility index (Phi) is 4.20. The molecule has 0 aliphatic heterocycles. The maximum Gasteiger partial charge on any atom is 0.319 e. The van der Waals surface area contributed by atoms with Crippen LogP contribution in [0.15, 0.2) is 24.3 Å². The normalized spacial score (nSPS) is 15.7. The molecule has 19 heavy (non-hydrogen) atoms. The van der Waals surface area contributed by atoms with Crippen molar-refractivity contribution in [3.05, 3.63) is 29.8 Å². The van der Waals surface area contributed by atoms with Crippen LogP contribution in [0.5, 0.6) is 0 Å². The minimum absolute atomic E-state index is 0.00819. The van der Waals surface area contributed by atoms with E-state index >= 15 is 0 Å². The molecule has 0 spiro atoms. The van der Waals surface area contributed by atoms with Crippen LogP contribution in [0.25, 0.3) is 0 Å². The molecule has 1 fully saturated rings. The summed E-state index contributed by atoms with van der Waals surface area (Å²) in [5.74, 6) is 0.780. The molecule has 1 aromatic rings. The molecule has 4 nitrogen and oxygen atoms in total. The molecule has 2 N–H and O–H groups in total. The Morgan fingerprint density at radius 1 is 1.37 bits per heavy atom. The summed E-state index contributed by atoms with van der Waals surface area (Å²) in [5, 5.41) is 5.67. The Balaban J connectivity index is 1.86. The van der Waals surface area contributed by atoms with E-state index in [1.165, 1.54) is 19.8 Å². The summed E-state index contributed by atoms with van der Waals surface area (Å²) in [6.45, 7) is 3.53. The van der Waals surface area contributed by atoms with E-state index in [4.69, 9.17) is 0 Å². The molecule has 1 saturated carbocycles. The van der Waals surface area contributed by atoms with Crippen LogP contribution in [-0.2, 0) is 0 Å². The van der Waals surface area contributed by atoms with Crippen molar-refractivity contribution in [2.75, 3.05) is 5.32 Å². The van der Waals surface area contributed by atoms with Crippen molar-refractivity contribution in [2.24, 2.45) is 5.92 Å². The van der Waals surface area contributed by atoms with E-state index in [0.717, 1.165) is 12.3 Å². The van der Waals surface area contributed by atoms with Crippen molar-refractivity contribution >= 4 is 17.5 Å². The third kappa shape index (κ3) is 4.39. The van der Waals surface area contributed by atoms with Gasteiger partial charge in [-0.05, 0) is 38.3 Å². The number of carbonyl (C=O) groups is 2. The van der Waals surface area contributed by atoms with Gasteiger partial charge in [0.2, 0.25) is 0 Å². The first-order valence-corrected chi connectivity index (χ1v) is 6.73. The second-order valence-electron chi connectivity index (χ2n) is 5.32. The van der Waals surface area contributed by atoms with E-state index in [2.05, 4.69) is 10.6 Å². The van der Waals surface area contributed by atoms with E-state index < -0.39 is 0 Å². The number of urea groups is 1. The third-order valence-corrected chi connectivity index (χ3v) is 3.29. The van der Waals surface area contributed by atoms with Crippen LogP contribution in [-0.4, -0.2) is 17.9 Å². The third-order valence-electron chi connectivity index (χ3n) is 3.29. The topological polar surface area (TPSA) is 58.2 Å². The lowest BCUT2D eigenvalue weighted by atomic mass is 10.1. The summed E-state index contributed by atoms with van der Waals surface area (Å²) < 4.78 is 0. The highest BCUT2D eigenvalue weighted by Gasteiger charge is 2.24. The number of Topliss-reactive ketones (excluding diaryl/α,β-unsaturated/α-hetero) is 1. The minimum atomic E-state index is -0.214. The molecule has 1 atom stereocenters. The summed E-state index contributed by atoms with van der Waals surface area (Å²) >= 11 is 0.